The average molecular weight is 270 g/mol. The monoisotopic (exact) mass is 270 g/mol. The van der Waals surface area contributed by atoms with Crippen LogP contribution in [0.25, 0.3) is 0 Å². The highest BCUT2D eigenvalue weighted by molar-refractivity contribution is 5.79. The van der Waals surface area contributed by atoms with E-state index in [1.165, 1.54) is 12.1 Å². The smallest absolute Gasteiger partial charge is 0.227 e. The molecule has 6 heteroatoms. The van der Waals surface area contributed by atoms with E-state index in [1.54, 1.807) is 0 Å². The van der Waals surface area contributed by atoms with Gasteiger partial charge in [0.1, 0.15) is 11.6 Å². The summed E-state index contributed by atoms with van der Waals surface area (Å²) in [5.74, 6) is -1.76. The Morgan fingerprint density at radius 3 is 2.58 bits per heavy atom. The van der Waals surface area contributed by atoms with Crippen molar-refractivity contribution < 1.29 is 18.3 Å². The average Bonchev–Trinajstić information content (AvgIpc) is 2.74. The molecular formula is C13H16F2N2O2. The Labute approximate surface area is 109 Å². The van der Waals surface area contributed by atoms with Crippen molar-refractivity contribution in [3.8, 4) is 0 Å². The second kappa shape index (κ2) is 6.08. The van der Waals surface area contributed by atoms with Gasteiger partial charge in [0.2, 0.25) is 5.91 Å². The number of hydrogen-bond acceptors (Lipinski definition) is 3. The van der Waals surface area contributed by atoms with Crippen LogP contribution in [0, 0.1) is 17.6 Å². The number of ether oxygens (including phenoxy) is 1. The van der Waals surface area contributed by atoms with Gasteiger partial charge in [-0.15, -0.1) is 0 Å². The van der Waals surface area contributed by atoms with Gasteiger partial charge in [-0.1, -0.05) is 0 Å². The SMILES string of the molecule is NC1COCC1C(=O)NCCc1cc(F)cc(F)c1. The first-order valence-corrected chi connectivity index (χ1v) is 6.12. The fraction of sp³-hybridized carbons (Fsp3) is 0.462. The number of nitrogens with two attached hydrogens (primary N) is 1. The topological polar surface area (TPSA) is 64.3 Å². The Morgan fingerprint density at radius 1 is 1.32 bits per heavy atom. The third-order valence-corrected chi connectivity index (χ3v) is 3.10. The van der Waals surface area contributed by atoms with E-state index >= 15 is 0 Å². The highest BCUT2D eigenvalue weighted by Crippen LogP contribution is 2.12. The fourth-order valence-electron chi connectivity index (χ4n) is 2.06. The van der Waals surface area contributed by atoms with E-state index in [1.807, 2.05) is 0 Å². The van der Waals surface area contributed by atoms with Crippen LogP contribution < -0.4 is 11.1 Å². The van der Waals surface area contributed by atoms with Crippen LogP contribution >= 0.6 is 0 Å². The molecule has 2 atom stereocenters. The molecule has 0 bridgehead atoms. The molecule has 1 saturated heterocycles. The molecule has 1 amide bonds. The molecule has 1 fully saturated rings. The molecule has 3 N–H and O–H groups in total. The third-order valence-electron chi connectivity index (χ3n) is 3.10. The summed E-state index contributed by atoms with van der Waals surface area (Å²) in [6.07, 6.45) is 0.364. The molecule has 2 unspecified atom stereocenters. The first-order valence-electron chi connectivity index (χ1n) is 6.12. The number of halogens is 2. The van der Waals surface area contributed by atoms with Crippen LogP contribution in [0.1, 0.15) is 5.56 Å². The van der Waals surface area contributed by atoms with Crippen LogP contribution in [0.5, 0.6) is 0 Å². The van der Waals surface area contributed by atoms with E-state index in [2.05, 4.69) is 5.32 Å². The van der Waals surface area contributed by atoms with E-state index in [0.717, 1.165) is 6.07 Å². The molecule has 0 saturated carbocycles. The highest BCUT2D eigenvalue weighted by atomic mass is 19.1. The molecule has 2 rings (SSSR count). The quantitative estimate of drug-likeness (QED) is 0.842. The molecule has 0 aromatic heterocycles. The van der Waals surface area contributed by atoms with Crippen molar-refractivity contribution in [2.45, 2.75) is 12.5 Å². The lowest BCUT2D eigenvalue weighted by Gasteiger charge is -2.13. The second-order valence-corrected chi connectivity index (χ2v) is 4.63. The Balaban J connectivity index is 1.81. The van der Waals surface area contributed by atoms with Gasteiger partial charge in [-0.05, 0) is 24.1 Å². The Kier molecular flexibility index (Phi) is 4.44. The molecule has 0 aliphatic carbocycles. The maximum atomic E-state index is 13.0. The van der Waals surface area contributed by atoms with Gasteiger partial charge >= 0.3 is 0 Å². The Morgan fingerprint density at radius 2 is 2.00 bits per heavy atom. The fourth-order valence-corrected chi connectivity index (χ4v) is 2.06. The minimum absolute atomic E-state index is 0.179. The number of hydrogen-bond donors (Lipinski definition) is 2. The number of carbonyl (C=O) groups is 1. The van der Waals surface area contributed by atoms with Gasteiger partial charge in [-0.25, -0.2) is 8.78 Å². The van der Waals surface area contributed by atoms with Gasteiger partial charge < -0.3 is 15.8 Å². The highest BCUT2D eigenvalue weighted by Gasteiger charge is 2.30. The summed E-state index contributed by atoms with van der Waals surface area (Å²) in [5, 5.41) is 2.70. The van der Waals surface area contributed by atoms with Gasteiger partial charge in [-0.2, -0.15) is 0 Å². The molecule has 0 spiro atoms. The number of benzene rings is 1. The summed E-state index contributed by atoms with van der Waals surface area (Å²) in [6, 6.07) is 3.03. The summed E-state index contributed by atoms with van der Waals surface area (Å²) in [4.78, 5) is 11.8. The lowest BCUT2D eigenvalue weighted by molar-refractivity contribution is -0.125. The van der Waals surface area contributed by atoms with Crippen molar-refractivity contribution in [2.24, 2.45) is 11.7 Å². The zero-order valence-corrected chi connectivity index (χ0v) is 10.4. The lowest BCUT2D eigenvalue weighted by Crippen LogP contribution is -2.41. The van der Waals surface area contributed by atoms with Crippen molar-refractivity contribution in [1.29, 1.82) is 0 Å². The van der Waals surface area contributed by atoms with E-state index in [0.29, 0.717) is 31.7 Å². The molecule has 19 heavy (non-hydrogen) atoms. The second-order valence-electron chi connectivity index (χ2n) is 4.63. The van der Waals surface area contributed by atoms with Gasteiger partial charge in [0.05, 0.1) is 19.1 Å². The minimum Gasteiger partial charge on any atom is -0.379 e. The standard InChI is InChI=1S/C13H16F2N2O2/c14-9-3-8(4-10(15)5-9)1-2-17-13(18)11-6-19-7-12(11)16/h3-5,11-12H,1-2,6-7,16H2,(H,17,18). The summed E-state index contributed by atoms with van der Waals surface area (Å²) in [5.41, 5.74) is 6.22. The van der Waals surface area contributed by atoms with Crippen LogP contribution in [-0.4, -0.2) is 31.7 Å². The molecule has 4 nitrogen and oxygen atoms in total. The normalized spacial score (nSPS) is 22.5. The Hall–Kier alpha value is -1.53. The molecule has 104 valence electrons. The van der Waals surface area contributed by atoms with Crippen LogP contribution in [0.15, 0.2) is 18.2 Å². The molecule has 1 aromatic rings. The van der Waals surface area contributed by atoms with Crippen LogP contribution in [0.2, 0.25) is 0 Å². The van der Waals surface area contributed by atoms with Crippen LogP contribution in [0.4, 0.5) is 8.78 Å². The molecular weight excluding hydrogens is 254 g/mol. The lowest BCUT2D eigenvalue weighted by atomic mass is 10.0. The van der Waals surface area contributed by atoms with Crippen molar-refractivity contribution >= 4 is 5.91 Å². The number of amides is 1. The Bertz CT molecular complexity index is 448. The largest absolute Gasteiger partial charge is 0.379 e. The molecule has 1 aromatic carbocycles. The van der Waals surface area contributed by atoms with E-state index < -0.39 is 11.6 Å². The summed E-state index contributed by atoms with van der Waals surface area (Å²) < 4.78 is 31.0. The van der Waals surface area contributed by atoms with Crippen LogP contribution in [-0.2, 0) is 16.0 Å². The summed E-state index contributed by atoms with van der Waals surface area (Å²) >= 11 is 0. The molecule has 1 aliphatic rings. The van der Waals surface area contributed by atoms with Crippen LogP contribution in [0.3, 0.4) is 0 Å². The number of nitrogens with one attached hydrogen (secondary N) is 1. The van der Waals surface area contributed by atoms with E-state index in [-0.39, 0.29) is 17.9 Å². The summed E-state index contributed by atoms with van der Waals surface area (Å²) in [7, 11) is 0. The van der Waals surface area contributed by atoms with Gasteiger partial charge in [0.15, 0.2) is 0 Å². The van der Waals surface area contributed by atoms with Gasteiger partial charge in [0.25, 0.3) is 0 Å². The number of carbonyl (C=O) groups excluding carboxylic acids is 1. The zero-order chi connectivity index (χ0) is 13.8. The van der Waals surface area contributed by atoms with Gasteiger partial charge in [0, 0.05) is 18.7 Å². The molecule has 1 aliphatic heterocycles. The van der Waals surface area contributed by atoms with E-state index in [9.17, 15) is 13.6 Å². The summed E-state index contributed by atoms with van der Waals surface area (Å²) in [6.45, 7) is 1.01. The number of rotatable bonds is 4. The molecule has 0 radical (unpaired) electrons. The first kappa shape index (κ1) is 13.9. The third kappa shape index (κ3) is 3.71. The van der Waals surface area contributed by atoms with Crippen molar-refractivity contribution in [3.05, 3.63) is 35.4 Å². The van der Waals surface area contributed by atoms with Crippen molar-refractivity contribution in [3.63, 3.8) is 0 Å². The van der Waals surface area contributed by atoms with Crippen molar-refractivity contribution in [1.82, 2.24) is 5.32 Å². The van der Waals surface area contributed by atoms with Crippen molar-refractivity contribution in [2.75, 3.05) is 19.8 Å². The molecule has 1 heterocycles. The predicted molar refractivity (Wildman–Crippen MR) is 65.4 cm³/mol. The minimum atomic E-state index is -0.618. The maximum Gasteiger partial charge on any atom is 0.227 e. The van der Waals surface area contributed by atoms with Gasteiger partial charge in [-0.3, -0.25) is 4.79 Å². The van der Waals surface area contributed by atoms with E-state index in [4.69, 9.17) is 10.5 Å². The maximum absolute atomic E-state index is 13.0. The first-order chi connectivity index (χ1) is 9.06. The predicted octanol–water partition coefficient (Wildman–Crippen LogP) is 0.597. The zero-order valence-electron chi connectivity index (χ0n) is 10.4.